The van der Waals surface area contributed by atoms with Crippen molar-refractivity contribution in [2.45, 2.75) is 6.42 Å². The number of aromatic nitrogens is 1. The third-order valence-electron chi connectivity index (χ3n) is 2.75. The van der Waals surface area contributed by atoms with Gasteiger partial charge in [0.2, 0.25) is 0 Å². The lowest BCUT2D eigenvalue weighted by atomic mass is 10.1. The van der Waals surface area contributed by atoms with Gasteiger partial charge in [0.15, 0.2) is 0 Å². The van der Waals surface area contributed by atoms with Crippen molar-refractivity contribution in [1.29, 1.82) is 5.26 Å². The predicted molar refractivity (Wildman–Crippen MR) is 80.5 cm³/mol. The molecule has 1 heterocycles. The van der Waals surface area contributed by atoms with E-state index in [2.05, 4.69) is 10.3 Å². The van der Waals surface area contributed by atoms with Gasteiger partial charge < -0.3 is 15.8 Å². The van der Waals surface area contributed by atoms with Gasteiger partial charge in [-0.2, -0.15) is 5.26 Å². The van der Waals surface area contributed by atoms with E-state index in [1.807, 2.05) is 6.07 Å². The number of thiazole rings is 1. The number of hydrogen-bond donors (Lipinski definition) is 2. The summed E-state index contributed by atoms with van der Waals surface area (Å²) in [5.74, 6) is 0.0512. The fourth-order valence-corrected chi connectivity index (χ4v) is 2.55. The summed E-state index contributed by atoms with van der Waals surface area (Å²) < 4.78 is 5.17. The number of nitriles is 1. The molecule has 0 unspecified atom stereocenters. The Labute approximate surface area is 126 Å². The highest BCUT2D eigenvalue weighted by Gasteiger charge is 2.16. The molecule has 0 atom stereocenters. The van der Waals surface area contributed by atoms with Crippen molar-refractivity contribution >= 4 is 22.9 Å². The van der Waals surface area contributed by atoms with Gasteiger partial charge in [-0.05, 0) is 18.7 Å². The van der Waals surface area contributed by atoms with E-state index in [9.17, 15) is 4.79 Å². The summed E-state index contributed by atoms with van der Waals surface area (Å²) in [5, 5.41) is 14.3. The second-order valence-electron chi connectivity index (χ2n) is 4.11. The van der Waals surface area contributed by atoms with Gasteiger partial charge in [0.25, 0.3) is 5.91 Å². The van der Waals surface area contributed by atoms with E-state index in [1.165, 1.54) is 18.4 Å². The van der Waals surface area contributed by atoms with Crippen LogP contribution in [0.1, 0.15) is 21.1 Å². The Kier molecular flexibility index (Phi) is 4.87. The minimum Gasteiger partial charge on any atom is -0.495 e. The van der Waals surface area contributed by atoms with Crippen molar-refractivity contribution in [3.8, 4) is 11.8 Å². The van der Waals surface area contributed by atoms with Crippen molar-refractivity contribution in [1.82, 2.24) is 4.98 Å². The van der Waals surface area contributed by atoms with Crippen molar-refractivity contribution < 1.29 is 9.53 Å². The van der Waals surface area contributed by atoms with Crippen LogP contribution in [0.15, 0.2) is 23.6 Å². The first-order valence-electron chi connectivity index (χ1n) is 6.22. The van der Waals surface area contributed by atoms with E-state index in [1.54, 1.807) is 23.6 Å². The van der Waals surface area contributed by atoms with Crippen molar-refractivity contribution in [2.75, 3.05) is 19.0 Å². The second-order valence-corrected chi connectivity index (χ2v) is 5.06. The number of nitrogens with zero attached hydrogens (tertiary/aromatic N) is 2. The number of rotatable bonds is 5. The van der Waals surface area contributed by atoms with Crippen LogP contribution in [-0.4, -0.2) is 24.5 Å². The molecule has 7 heteroatoms. The number of carbonyl (C=O) groups is 1. The molecule has 1 aromatic heterocycles. The molecule has 0 bridgehead atoms. The summed E-state index contributed by atoms with van der Waals surface area (Å²) in [7, 11) is 1.48. The number of nitrogens with one attached hydrogen (secondary N) is 1. The number of nitrogens with two attached hydrogens (primary N) is 1. The molecular formula is C14H14N4O2S. The zero-order chi connectivity index (χ0) is 15.2. The molecular weight excluding hydrogens is 288 g/mol. The van der Waals surface area contributed by atoms with Crippen LogP contribution < -0.4 is 15.8 Å². The van der Waals surface area contributed by atoms with E-state index in [0.29, 0.717) is 35.7 Å². The van der Waals surface area contributed by atoms with Crippen LogP contribution in [0.4, 0.5) is 5.69 Å². The zero-order valence-electron chi connectivity index (χ0n) is 11.4. The molecule has 0 fully saturated rings. The molecule has 0 spiro atoms. The van der Waals surface area contributed by atoms with Gasteiger partial charge in [-0.3, -0.25) is 4.79 Å². The Hall–Kier alpha value is -2.43. The molecule has 3 N–H and O–H groups in total. The molecule has 2 rings (SSSR count). The topological polar surface area (TPSA) is 101 Å². The number of benzene rings is 1. The van der Waals surface area contributed by atoms with E-state index in [-0.39, 0.29) is 5.91 Å². The average molecular weight is 302 g/mol. The number of amides is 1. The van der Waals surface area contributed by atoms with Crippen LogP contribution in [0.3, 0.4) is 0 Å². The van der Waals surface area contributed by atoms with E-state index < -0.39 is 0 Å². The largest absolute Gasteiger partial charge is 0.495 e. The van der Waals surface area contributed by atoms with Crippen molar-refractivity contribution in [3.05, 3.63) is 39.8 Å². The number of methoxy groups -OCH3 is 1. The molecule has 0 saturated carbocycles. The summed E-state index contributed by atoms with van der Waals surface area (Å²) in [6.45, 7) is 0.486. The summed E-state index contributed by atoms with van der Waals surface area (Å²) in [4.78, 5) is 16.4. The highest BCUT2D eigenvalue weighted by molar-refractivity contribution is 7.09. The molecule has 108 valence electrons. The quantitative estimate of drug-likeness (QED) is 0.876. The van der Waals surface area contributed by atoms with Crippen LogP contribution >= 0.6 is 11.3 Å². The molecule has 0 aliphatic rings. The van der Waals surface area contributed by atoms with Gasteiger partial charge >= 0.3 is 0 Å². The molecule has 6 nitrogen and oxygen atoms in total. The monoisotopic (exact) mass is 302 g/mol. The number of carbonyl (C=O) groups excluding carboxylic acids is 1. The Bertz CT molecular complexity index is 691. The highest BCUT2D eigenvalue weighted by Crippen LogP contribution is 2.28. The fourth-order valence-electron chi connectivity index (χ4n) is 1.75. The molecule has 21 heavy (non-hydrogen) atoms. The summed E-state index contributed by atoms with van der Waals surface area (Å²) in [6, 6.07) is 7.00. The van der Waals surface area contributed by atoms with Crippen LogP contribution in [0.5, 0.6) is 5.75 Å². The van der Waals surface area contributed by atoms with E-state index in [0.717, 1.165) is 5.01 Å². The number of hydrogen-bond acceptors (Lipinski definition) is 6. The molecule has 0 aliphatic heterocycles. The molecule has 2 aromatic rings. The summed E-state index contributed by atoms with van der Waals surface area (Å²) in [5.41, 5.74) is 6.44. The Morgan fingerprint density at radius 1 is 1.57 bits per heavy atom. The van der Waals surface area contributed by atoms with E-state index in [4.69, 9.17) is 15.7 Å². The minimum absolute atomic E-state index is 0.304. The van der Waals surface area contributed by atoms with Crippen LogP contribution in [-0.2, 0) is 6.42 Å². The van der Waals surface area contributed by atoms with Crippen LogP contribution in [0, 0.1) is 11.3 Å². The van der Waals surface area contributed by atoms with E-state index >= 15 is 0 Å². The van der Waals surface area contributed by atoms with Gasteiger partial charge in [0, 0.05) is 11.8 Å². The Morgan fingerprint density at radius 3 is 3.05 bits per heavy atom. The van der Waals surface area contributed by atoms with Gasteiger partial charge in [-0.15, -0.1) is 11.3 Å². The van der Waals surface area contributed by atoms with Gasteiger partial charge in [0.05, 0.1) is 17.7 Å². The smallest absolute Gasteiger partial charge is 0.275 e. The normalized spacial score (nSPS) is 9.95. The number of para-hydroxylation sites is 1. The zero-order valence-corrected chi connectivity index (χ0v) is 12.2. The van der Waals surface area contributed by atoms with Gasteiger partial charge in [-0.1, -0.05) is 6.07 Å². The Balaban J connectivity index is 2.25. The summed E-state index contributed by atoms with van der Waals surface area (Å²) in [6.07, 6.45) is 0.635. The third-order valence-corrected chi connectivity index (χ3v) is 3.66. The molecule has 0 saturated heterocycles. The minimum atomic E-state index is -0.379. The number of ether oxygens (including phenoxy) is 1. The maximum absolute atomic E-state index is 12.2. The SMILES string of the molecule is COc1cccc(C#N)c1NC(=O)c1csc(CCN)n1. The second kappa shape index (κ2) is 6.83. The first-order valence-corrected chi connectivity index (χ1v) is 7.10. The first kappa shape index (κ1) is 15.0. The predicted octanol–water partition coefficient (Wildman–Crippen LogP) is 1.78. The summed E-state index contributed by atoms with van der Waals surface area (Å²) >= 11 is 1.38. The molecule has 1 aromatic carbocycles. The maximum Gasteiger partial charge on any atom is 0.275 e. The first-order chi connectivity index (χ1) is 10.2. The van der Waals surface area contributed by atoms with Crippen molar-refractivity contribution in [2.24, 2.45) is 5.73 Å². The lowest BCUT2D eigenvalue weighted by Gasteiger charge is -2.10. The average Bonchev–Trinajstić information content (AvgIpc) is 2.96. The fraction of sp³-hybridized carbons (Fsp3) is 0.214. The Morgan fingerprint density at radius 2 is 2.38 bits per heavy atom. The third kappa shape index (κ3) is 3.37. The molecule has 0 radical (unpaired) electrons. The lowest BCUT2D eigenvalue weighted by Crippen LogP contribution is -2.14. The van der Waals surface area contributed by atoms with Gasteiger partial charge in [-0.25, -0.2) is 4.98 Å². The molecule has 0 aliphatic carbocycles. The number of anilines is 1. The van der Waals surface area contributed by atoms with Crippen molar-refractivity contribution in [3.63, 3.8) is 0 Å². The maximum atomic E-state index is 12.2. The molecule has 1 amide bonds. The standard InChI is InChI=1S/C14H14N4O2S/c1-20-11-4-2-3-9(7-16)13(11)18-14(19)10-8-21-12(17-10)5-6-15/h2-4,8H,5-6,15H2,1H3,(H,18,19). The van der Waals surface area contributed by atoms with Gasteiger partial charge in [0.1, 0.15) is 23.2 Å². The van der Waals surface area contributed by atoms with Crippen LogP contribution in [0.25, 0.3) is 0 Å². The van der Waals surface area contributed by atoms with Crippen LogP contribution in [0.2, 0.25) is 0 Å². The highest BCUT2D eigenvalue weighted by atomic mass is 32.1. The lowest BCUT2D eigenvalue weighted by molar-refractivity contribution is 0.102.